The molecule has 0 amide bonds. The maximum atomic E-state index is 12.0. The van der Waals surface area contributed by atoms with Gasteiger partial charge in [-0.15, -0.1) is 0 Å². The number of unbranched alkanes of at least 4 members (excludes halogenated alkanes) is 6. The summed E-state index contributed by atoms with van der Waals surface area (Å²) >= 11 is 0. The van der Waals surface area contributed by atoms with Crippen LogP contribution >= 0.6 is 0 Å². The van der Waals surface area contributed by atoms with E-state index in [-0.39, 0.29) is 5.97 Å². The van der Waals surface area contributed by atoms with E-state index in [1.807, 2.05) is 0 Å². The van der Waals surface area contributed by atoms with Crippen LogP contribution in [0, 0.1) is 5.41 Å². The second-order valence-corrected chi connectivity index (χ2v) is 7.59. The average Bonchev–Trinajstić information content (AvgIpc) is 3.23. The first kappa shape index (κ1) is 19.4. The van der Waals surface area contributed by atoms with Crippen LogP contribution in [0.4, 0.5) is 0 Å². The molecule has 4 nitrogen and oxygen atoms in total. The van der Waals surface area contributed by atoms with Crippen molar-refractivity contribution >= 4 is 5.97 Å². The Balaban J connectivity index is 2.06. The summed E-state index contributed by atoms with van der Waals surface area (Å²) in [6.07, 6.45) is 10.8. The van der Waals surface area contributed by atoms with Crippen LogP contribution in [0.2, 0.25) is 0 Å². The zero-order valence-electron chi connectivity index (χ0n) is 14.9. The highest BCUT2D eigenvalue weighted by Gasteiger charge is 2.57. The summed E-state index contributed by atoms with van der Waals surface area (Å²) in [6, 6.07) is 0. The molecule has 0 bridgehead atoms. The Labute approximate surface area is 135 Å². The third-order valence-corrected chi connectivity index (χ3v) is 4.01. The van der Waals surface area contributed by atoms with Crippen molar-refractivity contribution in [3.8, 4) is 0 Å². The number of ether oxygens (including phenoxy) is 1. The Morgan fingerprint density at radius 2 is 1.59 bits per heavy atom. The number of hydrogen-bond acceptors (Lipinski definition) is 4. The van der Waals surface area contributed by atoms with Crippen LogP contribution in [0.5, 0.6) is 0 Å². The molecule has 0 radical (unpaired) electrons. The molecule has 0 saturated carbocycles. The first-order valence-electron chi connectivity index (χ1n) is 8.94. The molecule has 1 saturated heterocycles. The second-order valence-electron chi connectivity index (χ2n) is 7.59. The van der Waals surface area contributed by atoms with Crippen molar-refractivity contribution in [2.75, 3.05) is 6.61 Å². The molecule has 1 heterocycles. The van der Waals surface area contributed by atoms with Gasteiger partial charge in [0.05, 0.1) is 6.61 Å². The number of rotatable bonds is 12. The highest BCUT2D eigenvalue weighted by Crippen LogP contribution is 2.37. The second kappa shape index (κ2) is 9.51. The van der Waals surface area contributed by atoms with Crippen molar-refractivity contribution < 1.29 is 19.3 Å². The molecule has 0 spiro atoms. The van der Waals surface area contributed by atoms with Crippen molar-refractivity contribution in [1.29, 1.82) is 0 Å². The number of esters is 1. The molecule has 1 fully saturated rings. The molecule has 0 aromatic carbocycles. The number of carbonyl (C=O) groups is 1. The predicted molar refractivity (Wildman–Crippen MR) is 87.2 cm³/mol. The fourth-order valence-electron chi connectivity index (χ4n) is 2.47. The van der Waals surface area contributed by atoms with Gasteiger partial charge in [0.25, 0.3) is 0 Å². The van der Waals surface area contributed by atoms with E-state index in [0.29, 0.717) is 18.4 Å². The Kier molecular flexibility index (Phi) is 8.40. The minimum atomic E-state index is -1.08. The van der Waals surface area contributed by atoms with Gasteiger partial charge in [-0.25, -0.2) is 4.79 Å². The van der Waals surface area contributed by atoms with E-state index in [1.165, 1.54) is 25.7 Å². The summed E-state index contributed by atoms with van der Waals surface area (Å²) < 4.78 is 5.28. The van der Waals surface area contributed by atoms with Gasteiger partial charge in [-0.1, -0.05) is 66.2 Å². The van der Waals surface area contributed by atoms with Gasteiger partial charge < -0.3 is 4.74 Å². The Morgan fingerprint density at radius 1 is 0.955 bits per heavy atom. The fourth-order valence-corrected chi connectivity index (χ4v) is 2.47. The molecule has 0 unspecified atom stereocenters. The number of carbonyl (C=O) groups excluding carboxylic acids is 1. The third-order valence-electron chi connectivity index (χ3n) is 4.01. The lowest BCUT2D eigenvalue weighted by molar-refractivity contribution is -0.151. The topological polar surface area (TPSA) is 51.4 Å². The van der Waals surface area contributed by atoms with Crippen LogP contribution in [-0.2, 0) is 19.3 Å². The summed E-state index contributed by atoms with van der Waals surface area (Å²) in [5.41, 5.74) is 0.330. The molecule has 0 aromatic rings. The summed E-state index contributed by atoms with van der Waals surface area (Å²) in [7, 11) is 0. The molecule has 0 atom stereocenters. The maximum Gasteiger partial charge on any atom is 0.372 e. The normalized spacial score (nSPS) is 16.5. The van der Waals surface area contributed by atoms with Gasteiger partial charge in [-0.2, -0.15) is 9.78 Å². The first-order chi connectivity index (χ1) is 10.4. The Hall–Kier alpha value is -0.610. The minimum absolute atomic E-state index is 0.330. The van der Waals surface area contributed by atoms with Crippen LogP contribution in [0.25, 0.3) is 0 Å². The smallest absolute Gasteiger partial charge is 0.372 e. The standard InChI is InChI=1S/C18H34O4/c1-5-6-7-8-9-12-15-20-16(19)18(21-22-18)14-11-10-13-17(2,3)4/h5-15H2,1-4H3. The average molecular weight is 314 g/mol. The van der Waals surface area contributed by atoms with E-state index in [0.717, 1.165) is 32.1 Å². The highest BCUT2D eigenvalue weighted by atomic mass is 17.4. The molecular formula is C18H34O4. The molecule has 130 valence electrons. The molecule has 0 aromatic heterocycles. The van der Waals surface area contributed by atoms with Gasteiger partial charge in [0.2, 0.25) is 0 Å². The van der Waals surface area contributed by atoms with Gasteiger partial charge in [0.1, 0.15) is 0 Å². The summed E-state index contributed by atoms with van der Waals surface area (Å²) in [5.74, 6) is -1.43. The van der Waals surface area contributed by atoms with Crippen LogP contribution in [0.15, 0.2) is 0 Å². The monoisotopic (exact) mass is 314 g/mol. The first-order valence-corrected chi connectivity index (χ1v) is 8.94. The van der Waals surface area contributed by atoms with Crippen molar-refractivity contribution in [1.82, 2.24) is 0 Å². The lowest BCUT2D eigenvalue weighted by atomic mass is 9.89. The van der Waals surface area contributed by atoms with Gasteiger partial charge >= 0.3 is 11.8 Å². The van der Waals surface area contributed by atoms with Gasteiger partial charge in [0.15, 0.2) is 0 Å². The van der Waals surface area contributed by atoms with E-state index in [9.17, 15) is 4.79 Å². The Bertz CT molecular complexity index is 316. The summed E-state index contributed by atoms with van der Waals surface area (Å²) in [4.78, 5) is 21.8. The zero-order valence-corrected chi connectivity index (χ0v) is 14.9. The van der Waals surface area contributed by atoms with E-state index in [1.54, 1.807) is 0 Å². The van der Waals surface area contributed by atoms with Crippen LogP contribution in [0.1, 0.15) is 91.9 Å². The molecule has 0 N–H and O–H groups in total. The van der Waals surface area contributed by atoms with Gasteiger partial charge in [-0.05, 0) is 24.7 Å². The third kappa shape index (κ3) is 8.14. The van der Waals surface area contributed by atoms with Crippen molar-refractivity contribution in [2.24, 2.45) is 5.41 Å². The molecular weight excluding hydrogens is 280 g/mol. The summed E-state index contributed by atoms with van der Waals surface area (Å²) in [6.45, 7) is 9.35. The summed E-state index contributed by atoms with van der Waals surface area (Å²) in [5, 5.41) is 0. The highest BCUT2D eigenvalue weighted by molar-refractivity contribution is 5.79. The van der Waals surface area contributed by atoms with E-state index < -0.39 is 5.79 Å². The minimum Gasteiger partial charge on any atom is -0.462 e. The van der Waals surface area contributed by atoms with Crippen LogP contribution in [-0.4, -0.2) is 18.4 Å². The molecule has 1 rings (SSSR count). The zero-order chi connectivity index (χ0) is 16.5. The van der Waals surface area contributed by atoms with Crippen LogP contribution in [0.3, 0.4) is 0 Å². The van der Waals surface area contributed by atoms with Crippen molar-refractivity contribution in [2.45, 2.75) is 97.7 Å². The molecule has 4 heteroatoms. The lowest BCUT2D eigenvalue weighted by Crippen LogP contribution is -2.27. The van der Waals surface area contributed by atoms with Crippen LogP contribution < -0.4 is 0 Å². The Morgan fingerprint density at radius 3 is 2.18 bits per heavy atom. The lowest BCUT2D eigenvalue weighted by Gasteiger charge is -2.17. The molecule has 1 aliphatic rings. The van der Waals surface area contributed by atoms with Gasteiger partial charge in [-0.3, -0.25) is 0 Å². The maximum absolute atomic E-state index is 12.0. The van der Waals surface area contributed by atoms with E-state index in [4.69, 9.17) is 14.5 Å². The SMILES string of the molecule is CCCCCCCCOC(=O)C1(CCCCC(C)(C)C)OO1. The van der Waals surface area contributed by atoms with Crippen molar-refractivity contribution in [3.05, 3.63) is 0 Å². The van der Waals surface area contributed by atoms with Crippen molar-refractivity contribution in [3.63, 3.8) is 0 Å². The predicted octanol–water partition coefficient (Wildman–Crippen LogP) is 5.15. The molecule has 1 aliphatic heterocycles. The van der Waals surface area contributed by atoms with Gasteiger partial charge in [0, 0.05) is 6.42 Å². The molecule has 22 heavy (non-hydrogen) atoms. The number of hydrogen-bond donors (Lipinski definition) is 0. The van der Waals surface area contributed by atoms with E-state index in [2.05, 4.69) is 27.7 Å². The van der Waals surface area contributed by atoms with E-state index >= 15 is 0 Å². The quantitative estimate of drug-likeness (QED) is 0.216. The molecule has 0 aliphatic carbocycles. The fraction of sp³-hybridized carbons (Fsp3) is 0.944. The largest absolute Gasteiger partial charge is 0.462 e.